The predicted molar refractivity (Wildman–Crippen MR) is 147 cm³/mol. The molecule has 0 saturated carbocycles. The Morgan fingerprint density at radius 2 is 1.05 bits per heavy atom. The highest BCUT2D eigenvalue weighted by atomic mass is 16.5. The number of ether oxygens (including phenoxy) is 2. The normalized spacial score (nSPS) is 10.3. The molecule has 0 bridgehead atoms. The smallest absolute Gasteiger partial charge is 0.457 e. The zero-order valence-corrected chi connectivity index (χ0v) is 21.1. The van der Waals surface area contributed by atoms with Crippen LogP contribution in [0.3, 0.4) is 0 Å². The minimum atomic E-state index is -1.52. The summed E-state index contributed by atoms with van der Waals surface area (Å²) in [5.41, 5.74) is 2.91. The molecule has 0 atom stereocenters. The van der Waals surface area contributed by atoms with Crippen LogP contribution in [0.2, 0.25) is 0 Å². The van der Waals surface area contributed by atoms with Gasteiger partial charge in [0.25, 0.3) is 0 Å². The Balaban J connectivity index is 1.46. The molecule has 0 unspecified atom stereocenters. The Morgan fingerprint density at radius 3 is 1.46 bits per heavy atom. The number of hydrogen-bond acceptors (Lipinski definition) is 8. The van der Waals surface area contributed by atoms with Gasteiger partial charge in [-0.1, -0.05) is 19.1 Å². The van der Waals surface area contributed by atoms with E-state index < -0.39 is 20.8 Å². The highest BCUT2D eigenvalue weighted by Crippen LogP contribution is 2.24. The lowest BCUT2D eigenvalue weighted by Crippen LogP contribution is -2.47. The molecule has 8 nitrogen and oxygen atoms in total. The summed E-state index contributed by atoms with van der Waals surface area (Å²) in [4.78, 5) is 0. The van der Waals surface area contributed by atoms with Gasteiger partial charge in [-0.25, -0.2) is 0 Å². The van der Waals surface area contributed by atoms with Crippen LogP contribution < -0.4 is 20.4 Å². The fourth-order valence-electron chi connectivity index (χ4n) is 3.95. The van der Waals surface area contributed by atoms with Crippen LogP contribution in [0.15, 0.2) is 84.9 Å². The van der Waals surface area contributed by atoms with Crippen LogP contribution >= 0.6 is 0 Å². The first-order valence-electron chi connectivity index (χ1n) is 12.2. The van der Waals surface area contributed by atoms with Gasteiger partial charge >= 0.3 is 14.2 Å². The van der Waals surface area contributed by atoms with Crippen molar-refractivity contribution in [3.63, 3.8) is 0 Å². The topological polar surface area (TPSA) is 136 Å². The van der Waals surface area contributed by atoms with Crippen LogP contribution in [0.25, 0.3) is 0 Å². The lowest BCUT2D eigenvalue weighted by molar-refractivity contribution is 0.281. The summed E-state index contributed by atoms with van der Waals surface area (Å²) in [6, 6.07) is 27.3. The molecule has 0 aliphatic rings. The second-order valence-corrected chi connectivity index (χ2v) is 8.55. The Hall–Kier alpha value is -4.57. The van der Waals surface area contributed by atoms with E-state index in [1.807, 2.05) is 13.0 Å². The van der Waals surface area contributed by atoms with Gasteiger partial charge in [-0.05, 0) is 101 Å². The molecule has 0 aliphatic heterocycles. The van der Waals surface area contributed by atoms with Crippen molar-refractivity contribution < 1.29 is 29.2 Å². The number of rotatable bonds is 10. The third-order valence-corrected chi connectivity index (χ3v) is 6.01. The number of nitrogens with zero attached hydrogens (tertiary/aromatic N) is 2. The van der Waals surface area contributed by atoms with Crippen LogP contribution in [0.4, 0.5) is 0 Å². The molecule has 4 rings (SSSR count). The zero-order valence-electron chi connectivity index (χ0n) is 21.1. The van der Waals surface area contributed by atoms with Gasteiger partial charge in [0.15, 0.2) is 0 Å². The summed E-state index contributed by atoms with van der Waals surface area (Å²) in [6.07, 6.45) is 0.569. The lowest BCUT2D eigenvalue weighted by atomic mass is 9.68. The van der Waals surface area contributed by atoms with E-state index in [2.05, 4.69) is 6.07 Å². The molecular formula is C29H24B2N2O6. The van der Waals surface area contributed by atoms with Gasteiger partial charge in [-0.3, -0.25) is 0 Å². The number of benzene rings is 4. The molecule has 0 amide bonds. The summed E-state index contributed by atoms with van der Waals surface area (Å²) in [7, 11) is -2.97. The summed E-state index contributed by atoms with van der Waals surface area (Å²) in [5.74, 6) is 2.05. The molecule has 0 spiro atoms. The minimum absolute atomic E-state index is 0.280. The highest BCUT2D eigenvalue weighted by molar-refractivity contribution is 6.73. The SMILES string of the molecule is CCc1cc(Oc2ccc(C#N)cc2)ccc1B(O)OB(O)c1ccc(Oc2ccc(C#N)cc2)cc1CO. The average molecular weight is 518 g/mol. The van der Waals surface area contributed by atoms with Crippen LogP contribution in [-0.2, 0) is 17.6 Å². The van der Waals surface area contributed by atoms with Crippen molar-refractivity contribution in [3.05, 3.63) is 107 Å². The molecule has 4 aromatic rings. The van der Waals surface area contributed by atoms with Crippen LogP contribution in [0.5, 0.6) is 23.0 Å². The largest absolute Gasteiger partial charge is 0.478 e. The van der Waals surface area contributed by atoms with E-state index in [0.29, 0.717) is 51.6 Å². The Labute approximate surface area is 227 Å². The third-order valence-electron chi connectivity index (χ3n) is 6.01. The number of aliphatic hydroxyl groups excluding tert-OH is 1. The maximum atomic E-state index is 10.8. The maximum absolute atomic E-state index is 10.8. The van der Waals surface area contributed by atoms with E-state index in [9.17, 15) is 15.2 Å². The first-order valence-corrected chi connectivity index (χ1v) is 12.2. The van der Waals surface area contributed by atoms with E-state index in [1.165, 1.54) is 0 Å². The molecule has 39 heavy (non-hydrogen) atoms. The van der Waals surface area contributed by atoms with E-state index in [1.54, 1.807) is 84.9 Å². The van der Waals surface area contributed by atoms with Gasteiger partial charge in [0, 0.05) is 0 Å². The number of aliphatic hydroxyl groups is 1. The Bertz CT molecular complexity index is 1400. The third kappa shape index (κ3) is 6.85. The first-order chi connectivity index (χ1) is 18.9. The first kappa shape index (κ1) is 27.5. The van der Waals surface area contributed by atoms with Gasteiger partial charge in [-0.2, -0.15) is 10.5 Å². The second-order valence-electron chi connectivity index (χ2n) is 8.55. The van der Waals surface area contributed by atoms with Crippen molar-refractivity contribution in [3.8, 4) is 35.1 Å². The van der Waals surface area contributed by atoms with E-state index in [0.717, 1.165) is 5.56 Å². The lowest BCUT2D eigenvalue weighted by Gasteiger charge is -2.18. The van der Waals surface area contributed by atoms with Crippen LogP contribution in [0.1, 0.15) is 29.2 Å². The van der Waals surface area contributed by atoms with Gasteiger partial charge in [-0.15, -0.1) is 0 Å². The average Bonchev–Trinajstić information content (AvgIpc) is 2.97. The molecule has 0 radical (unpaired) electrons. The van der Waals surface area contributed by atoms with Gasteiger partial charge in [0.2, 0.25) is 0 Å². The maximum Gasteiger partial charge on any atom is 0.478 e. The predicted octanol–water partition coefficient (Wildman–Crippen LogP) is 3.16. The molecule has 0 aliphatic carbocycles. The Kier molecular flexibility index (Phi) is 9.01. The van der Waals surface area contributed by atoms with Gasteiger partial charge in [0.05, 0.1) is 29.9 Å². The van der Waals surface area contributed by atoms with Gasteiger partial charge in [0.1, 0.15) is 23.0 Å². The van der Waals surface area contributed by atoms with Crippen molar-refractivity contribution in [1.29, 1.82) is 10.5 Å². The molecular weight excluding hydrogens is 494 g/mol. The van der Waals surface area contributed by atoms with Crippen molar-refractivity contribution in [2.75, 3.05) is 0 Å². The summed E-state index contributed by atoms with van der Waals surface area (Å²) in [5, 5.41) is 49.3. The molecule has 10 heteroatoms. The molecule has 0 heterocycles. The Morgan fingerprint density at radius 1 is 0.641 bits per heavy atom. The zero-order chi connectivity index (χ0) is 27.8. The molecule has 3 N–H and O–H groups in total. The summed E-state index contributed by atoms with van der Waals surface area (Å²) >= 11 is 0. The van der Waals surface area contributed by atoms with Crippen molar-refractivity contribution in [2.45, 2.75) is 20.0 Å². The van der Waals surface area contributed by atoms with Crippen LogP contribution in [0, 0.1) is 22.7 Å². The molecule has 0 saturated heterocycles. The van der Waals surface area contributed by atoms with Crippen LogP contribution in [-0.4, -0.2) is 29.4 Å². The molecule has 0 aromatic heterocycles. The van der Waals surface area contributed by atoms with Crippen molar-refractivity contribution in [2.24, 2.45) is 0 Å². The van der Waals surface area contributed by atoms with E-state index in [-0.39, 0.29) is 5.46 Å². The number of nitriles is 2. The van der Waals surface area contributed by atoms with Gasteiger partial charge < -0.3 is 29.2 Å². The van der Waals surface area contributed by atoms with Crippen molar-refractivity contribution in [1.82, 2.24) is 0 Å². The monoisotopic (exact) mass is 518 g/mol. The standard InChI is InChI=1S/C29H24B2N2O6/c1-2-22-15-26(37-24-7-3-20(17-32)4-8-24)11-13-28(22)30(35)39-31(36)29-14-12-27(16-23(29)19-34)38-25-9-5-21(18-33)6-10-25/h3-16,34-36H,2,19H2,1H3. The number of aryl methyl sites for hydroxylation is 1. The summed E-state index contributed by atoms with van der Waals surface area (Å²) in [6.45, 7) is 1.53. The van der Waals surface area contributed by atoms with Crippen molar-refractivity contribution >= 4 is 25.2 Å². The highest BCUT2D eigenvalue weighted by Gasteiger charge is 2.29. The fraction of sp³-hybridized carbons (Fsp3) is 0.103. The van der Waals surface area contributed by atoms with E-state index >= 15 is 0 Å². The number of hydrogen-bond donors (Lipinski definition) is 3. The minimum Gasteiger partial charge on any atom is -0.457 e. The molecule has 4 aromatic carbocycles. The quantitative estimate of drug-likeness (QED) is 0.273. The summed E-state index contributed by atoms with van der Waals surface area (Å²) < 4.78 is 17.2. The fourth-order valence-corrected chi connectivity index (χ4v) is 3.95. The molecule has 192 valence electrons. The van der Waals surface area contributed by atoms with E-state index in [4.69, 9.17) is 24.6 Å². The second kappa shape index (κ2) is 12.8. The molecule has 0 fully saturated rings.